The lowest BCUT2D eigenvalue weighted by Gasteiger charge is -2.17. The summed E-state index contributed by atoms with van der Waals surface area (Å²) >= 11 is 0. The van der Waals surface area contributed by atoms with Crippen LogP contribution in [0.4, 0.5) is 14.9 Å². The van der Waals surface area contributed by atoms with Gasteiger partial charge in [0, 0.05) is 31.7 Å². The minimum Gasteiger partial charge on any atom is -0.336 e. The molecule has 3 rings (SSSR count). The predicted octanol–water partition coefficient (Wildman–Crippen LogP) is 2.92. The number of rotatable bonds is 6. The van der Waals surface area contributed by atoms with Crippen molar-refractivity contribution in [2.45, 2.75) is 19.4 Å². The van der Waals surface area contributed by atoms with Gasteiger partial charge in [0.05, 0.1) is 0 Å². The van der Waals surface area contributed by atoms with Crippen molar-refractivity contribution in [1.82, 2.24) is 10.2 Å². The van der Waals surface area contributed by atoms with Gasteiger partial charge in [0.1, 0.15) is 5.82 Å². The largest absolute Gasteiger partial charge is 0.336 e. The summed E-state index contributed by atoms with van der Waals surface area (Å²) in [5, 5.41) is 5.66. The maximum atomic E-state index is 13.2. The Balaban J connectivity index is 1.60. The average molecular weight is 341 g/mol. The lowest BCUT2D eigenvalue weighted by molar-refractivity contribution is -0.116. The smallest absolute Gasteiger partial charge is 0.317 e. The first kappa shape index (κ1) is 17.0. The standard InChI is InChI=1S/C19H20FN3O2/c20-16-6-3-4-14(12-16)8-9-18(24)22-17-7-2-1-5-15(17)13-23-11-10-21-19(23)25/h1-7,12H,8-11,13H2,(H,21,25)(H,22,24). The van der Waals surface area contributed by atoms with Crippen LogP contribution in [-0.2, 0) is 17.8 Å². The molecule has 1 saturated heterocycles. The number of hydrogen-bond acceptors (Lipinski definition) is 2. The Labute approximate surface area is 145 Å². The zero-order valence-corrected chi connectivity index (χ0v) is 13.8. The zero-order chi connectivity index (χ0) is 17.6. The Morgan fingerprint density at radius 2 is 2.04 bits per heavy atom. The highest BCUT2D eigenvalue weighted by atomic mass is 19.1. The van der Waals surface area contributed by atoms with Crippen LogP contribution in [-0.4, -0.2) is 29.9 Å². The first-order valence-electron chi connectivity index (χ1n) is 8.27. The maximum absolute atomic E-state index is 13.2. The van der Waals surface area contributed by atoms with E-state index in [1.807, 2.05) is 24.3 Å². The molecule has 2 N–H and O–H groups in total. The van der Waals surface area contributed by atoms with Crippen LogP contribution in [0.1, 0.15) is 17.5 Å². The first-order chi connectivity index (χ1) is 12.1. The second-order valence-electron chi connectivity index (χ2n) is 5.99. The summed E-state index contributed by atoms with van der Waals surface area (Å²) in [4.78, 5) is 25.6. The Kier molecular flexibility index (Phi) is 5.28. The Bertz CT molecular complexity index is 779. The molecule has 0 radical (unpaired) electrons. The molecule has 6 heteroatoms. The molecule has 1 aliphatic rings. The lowest BCUT2D eigenvalue weighted by Crippen LogP contribution is -2.28. The van der Waals surface area contributed by atoms with Crippen molar-refractivity contribution >= 4 is 17.6 Å². The third-order valence-corrected chi connectivity index (χ3v) is 4.13. The molecular weight excluding hydrogens is 321 g/mol. The SMILES string of the molecule is O=C(CCc1cccc(F)c1)Nc1ccccc1CN1CCNC1=O. The number of carbonyl (C=O) groups is 2. The van der Waals surface area contributed by atoms with Gasteiger partial charge in [-0.1, -0.05) is 30.3 Å². The van der Waals surface area contributed by atoms with E-state index in [0.29, 0.717) is 31.7 Å². The van der Waals surface area contributed by atoms with E-state index in [9.17, 15) is 14.0 Å². The van der Waals surface area contributed by atoms with Gasteiger partial charge >= 0.3 is 6.03 Å². The van der Waals surface area contributed by atoms with E-state index < -0.39 is 0 Å². The molecule has 0 aromatic heterocycles. The Morgan fingerprint density at radius 1 is 1.20 bits per heavy atom. The second kappa shape index (κ2) is 7.79. The number of aryl methyl sites for hydroxylation is 1. The number of hydrogen-bond donors (Lipinski definition) is 2. The molecule has 0 aliphatic carbocycles. The monoisotopic (exact) mass is 341 g/mol. The van der Waals surface area contributed by atoms with Crippen LogP contribution in [0.5, 0.6) is 0 Å². The molecule has 2 aromatic carbocycles. The van der Waals surface area contributed by atoms with Crippen molar-refractivity contribution < 1.29 is 14.0 Å². The van der Waals surface area contributed by atoms with E-state index in [0.717, 1.165) is 11.1 Å². The highest BCUT2D eigenvalue weighted by Gasteiger charge is 2.20. The number of urea groups is 1. The summed E-state index contributed by atoms with van der Waals surface area (Å²) < 4.78 is 13.2. The molecule has 5 nitrogen and oxygen atoms in total. The van der Waals surface area contributed by atoms with Crippen LogP contribution < -0.4 is 10.6 Å². The molecule has 130 valence electrons. The van der Waals surface area contributed by atoms with Gasteiger partial charge in [0.25, 0.3) is 0 Å². The Hall–Kier alpha value is -2.89. The van der Waals surface area contributed by atoms with Crippen LogP contribution in [0.15, 0.2) is 48.5 Å². The minimum atomic E-state index is -0.299. The van der Waals surface area contributed by atoms with Crippen molar-refractivity contribution in [1.29, 1.82) is 0 Å². The second-order valence-corrected chi connectivity index (χ2v) is 5.99. The summed E-state index contributed by atoms with van der Waals surface area (Å²) in [6.45, 7) is 1.74. The van der Waals surface area contributed by atoms with Crippen LogP contribution in [0.3, 0.4) is 0 Å². The van der Waals surface area contributed by atoms with E-state index in [-0.39, 0.29) is 24.2 Å². The van der Waals surface area contributed by atoms with E-state index in [1.54, 1.807) is 17.0 Å². The summed E-state index contributed by atoms with van der Waals surface area (Å²) in [7, 11) is 0. The summed E-state index contributed by atoms with van der Waals surface area (Å²) in [6.07, 6.45) is 0.738. The number of carbonyl (C=O) groups excluding carboxylic acids is 2. The molecule has 1 fully saturated rings. The number of halogens is 1. The van der Waals surface area contributed by atoms with Crippen LogP contribution in [0.25, 0.3) is 0 Å². The fourth-order valence-electron chi connectivity index (χ4n) is 2.81. The molecule has 2 aromatic rings. The van der Waals surface area contributed by atoms with Crippen LogP contribution in [0.2, 0.25) is 0 Å². The molecule has 1 aliphatic heterocycles. The molecule has 0 bridgehead atoms. The highest BCUT2D eigenvalue weighted by molar-refractivity contribution is 5.91. The van der Waals surface area contributed by atoms with E-state index in [2.05, 4.69) is 10.6 Å². The number of nitrogens with zero attached hydrogens (tertiary/aromatic N) is 1. The van der Waals surface area contributed by atoms with Gasteiger partial charge in [-0.3, -0.25) is 4.79 Å². The lowest BCUT2D eigenvalue weighted by atomic mass is 10.1. The number of anilines is 1. The topological polar surface area (TPSA) is 61.4 Å². The molecule has 3 amide bonds. The van der Waals surface area contributed by atoms with E-state index in [1.165, 1.54) is 12.1 Å². The normalized spacial score (nSPS) is 13.6. The molecule has 0 spiro atoms. The van der Waals surface area contributed by atoms with Gasteiger partial charge in [0.2, 0.25) is 5.91 Å². The Morgan fingerprint density at radius 3 is 2.80 bits per heavy atom. The summed E-state index contributed by atoms with van der Waals surface area (Å²) in [5.41, 5.74) is 2.38. The van der Waals surface area contributed by atoms with E-state index >= 15 is 0 Å². The predicted molar refractivity (Wildman–Crippen MR) is 93.6 cm³/mol. The minimum absolute atomic E-state index is 0.0905. The summed E-state index contributed by atoms with van der Waals surface area (Å²) in [6, 6.07) is 13.6. The molecule has 0 saturated carbocycles. The van der Waals surface area contributed by atoms with Gasteiger partial charge in [-0.05, 0) is 35.7 Å². The van der Waals surface area contributed by atoms with Crippen molar-refractivity contribution in [2.24, 2.45) is 0 Å². The number of benzene rings is 2. The van der Waals surface area contributed by atoms with Gasteiger partial charge in [-0.15, -0.1) is 0 Å². The molecular formula is C19H20FN3O2. The fourth-order valence-corrected chi connectivity index (χ4v) is 2.81. The first-order valence-corrected chi connectivity index (χ1v) is 8.27. The fraction of sp³-hybridized carbons (Fsp3) is 0.263. The quantitative estimate of drug-likeness (QED) is 0.849. The van der Waals surface area contributed by atoms with Gasteiger partial charge in [0.15, 0.2) is 0 Å². The van der Waals surface area contributed by atoms with E-state index in [4.69, 9.17) is 0 Å². The number of amides is 3. The molecule has 0 atom stereocenters. The highest BCUT2D eigenvalue weighted by Crippen LogP contribution is 2.19. The van der Waals surface area contributed by atoms with Crippen LogP contribution in [0, 0.1) is 5.82 Å². The zero-order valence-electron chi connectivity index (χ0n) is 13.8. The summed E-state index contributed by atoms with van der Waals surface area (Å²) in [5.74, 6) is -0.435. The van der Waals surface area contributed by atoms with Gasteiger partial charge < -0.3 is 15.5 Å². The molecule has 25 heavy (non-hydrogen) atoms. The molecule has 0 unspecified atom stereocenters. The third kappa shape index (κ3) is 4.56. The third-order valence-electron chi connectivity index (χ3n) is 4.13. The number of nitrogens with one attached hydrogen (secondary N) is 2. The maximum Gasteiger partial charge on any atom is 0.317 e. The van der Waals surface area contributed by atoms with Crippen LogP contribution >= 0.6 is 0 Å². The van der Waals surface area contributed by atoms with Crippen molar-refractivity contribution in [3.05, 3.63) is 65.5 Å². The van der Waals surface area contributed by atoms with Crippen molar-refractivity contribution in [2.75, 3.05) is 18.4 Å². The van der Waals surface area contributed by atoms with Gasteiger partial charge in [-0.25, -0.2) is 9.18 Å². The van der Waals surface area contributed by atoms with Crippen molar-refractivity contribution in [3.63, 3.8) is 0 Å². The number of para-hydroxylation sites is 1. The van der Waals surface area contributed by atoms with Gasteiger partial charge in [-0.2, -0.15) is 0 Å². The van der Waals surface area contributed by atoms with Crippen molar-refractivity contribution in [3.8, 4) is 0 Å². The molecule has 1 heterocycles. The average Bonchev–Trinajstić information content (AvgIpc) is 3.00.